The summed E-state index contributed by atoms with van der Waals surface area (Å²) in [5.74, 6) is 1.90. The van der Waals surface area contributed by atoms with Crippen LogP contribution in [0.4, 0.5) is 5.95 Å². The topological polar surface area (TPSA) is 68.2 Å². The third kappa shape index (κ3) is 2.97. The van der Waals surface area contributed by atoms with Crippen LogP contribution in [0.15, 0.2) is 4.52 Å². The summed E-state index contributed by atoms with van der Waals surface area (Å²) in [5, 5.41) is 3.98. The predicted octanol–water partition coefficient (Wildman–Crippen LogP) is 1.59. The van der Waals surface area contributed by atoms with Crippen molar-refractivity contribution in [2.75, 3.05) is 18.5 Å². The zero-order valence-electron chi connectivity index (χ0n) is 10.7. The Morgan fingerprint density at radius 2 is 2.18 bits per heavy atom. The standard InChI is InChI=1S/C12H22N4O/c1-3-16(2)12-14-11(17-15-12)8-9-6-4-5-7-10(9)13/h9-10H,3-8,13H2,1-2H3. The lowest BCUT2D eigenvalue weighted by Gasteiger charge is -2.27. The average molecular weight is 238 g/mol. The van der Waals surface area contributed by atoms with Gasteiger partial charge in [0, 0.05) is 26.1 Å². The van der Waals surface area contributed by atoms with Crippen molar-refractivity contribution in [3.05, 3.63) is 5.89 Å². The van der Waals surface area contributed by atoms with Gasteiger partial charge in [-0.25, -0.2) is 0 Å². The molecule has 2 N–H and O–H groups in total. The first-order valence-corrected chi connectivity index (χ1v) is 6.50. The van der Waals surface area contributed by atoms with Crippen molar-refractivity contribution in [2.24, 2.45) is 11.7 Å². The lowest BCUT2D eigenvalue weighted by atomic mass is 9.83. The van der Waals surface area contributed by atoms with Gasteiger partial charge in [-0.3, -0.25) is 0 Å². The van der Waals surface area contributed by atoms with Crippen molar-refractivity contribution in [2.45, 2.75) is 45.1 Å². The number of rotatable bonds is 4. The van der Waals surface area contributed by atoms with Gasteiger partial charge in [-0.2, -0.15) is 4.98 Å². The fraction of sp³-hybridized carbons (Fsp3) is 0.833. The molecule has 0 saturated heterocycles. The van der Waals surface area contributed by atoms with Gasteiger partial charge in [-0.05, 0) is 30.8 Å². The molecule has 1 saturated carbocycles. The highest BCUT2D eigenvalue weighted by Crippen LogP contribution is 2.26. The van der Waals surface area contributed by atoms with E-state index in [1.165, 1.54) is 19.3 Å². The molecule has 5 heteroatoms. The zero-order valence-corrected chi connectivity index (χ0v) is 10.7. The van der Waals surface area contributed by atoms with E-state index in [9.17, 15) is 0 Å². The summed E-state index contributed by atoms with van der Waals surface area (Å²) in [6.45, 7) is 2.94. The van der Waals surface area contributed by atoms with E-state index in [2.05, 4.69) is 17.1 Å². The number of nitrogens with zero attached hydrogens (tertiary/aromatic N) is 3. The van der Waals surface area contributed by atoms with Crippen molar-refractivity contribution in [3.63, 3.8) is 0 Å². The molecule has 0 bridgehead atoms. The van der Waals surface area contributed by atoms with Crippen LogP contribution in [-0.2, 0) is 6.42 Å². The first-order valence-electron chi connectivity index (χ1n) is 6.50. The van der Waals surface area contributed by atoms with Crippen molar-refractivity contribution in [1.82, 2.24) is 10.1 Å². The summed E-state index contributed by atoms with van der Waals surface area (Å²) in [6, 6.07) is 0.294. The quantitative estimate of drug-likeness (QED) is 0.862. The van der Waals surface area contributed by atoms with Crippen molar-refractivity contribution < 1.29 is 4.52 Å². The maximum absolute atomic E-state index is 6.12. The molecule has 1 fully saturated rings. The third-order valence-electron chi connectivity index (χ3n) is 3.68. The Hall–Kier alpha value is -1.10. The fourth-order valence-electron chi connectivity index (χ4n) is 2.34. The Kier molecular flexibility index (Phi) is 3.99. The maximum atomic E-state index is 6.12. The van der Waals surface area contributed by atoms with Gasteiger partial charge >= 0.3 is 0 Å². The molecule has 1 aliphatic carbocycles. The van der Waals surface area contributed by atoms with Crippen LogP contribution in [0.2, 0.25) is 0 Å². The van der Waals surface area contributed by atoms with E-state index in [1.807, 2.05) is 11.9 Å². The number of anilines is 1. The highest BCUT2D eigenvalue weighted by Gasteiger charge is 2.24. The molecule has 96 valence electrons. The fourth-order valence-corrected chi connectivity index (χ4v) is 2.34. The van der Waals surface area contributed by atoms with Crippen molar-refractivity contribution in [1.29, 1.82) is 0 Å². The molecule has 2 unspecified atom stereocenters. The van der Waals surface area contributed by atoms with Crippen LogP contribution in [0.5, 0.6) is 0 Å². The summed E-state index contributed by atoms with van der Waals surface area (Å²) in [4.78, 5) is 6.37. The Bertz CT molecular complexity index is 352. The maximum Gasteiger partial charge on any atom is 0.265 e. The van der Waals surface area contributed by atoms with Gasteiger partial charge < -0.3 is 15.2 Å². The molecule has 0 radical (unpaired) electrons. The first-order chi connectivity index (χ1) is 8.20. The summed E-state index contributed by atoms with van der Waals surface area (Å²) < 4.78 is 5.28. The Balaban J connectivity index is 1.96. The zero-order chi connectivity index (χ0) is 12.3. The number of hydrogen-bond acceptors (Lipinski definition) is 5. The monoisotopic (exact) mass is 238 g/mol. The molecular weight excluding hydrogens is 216 g/mol. The van der Waals surface area contributed by atoms with Crippen LogP contribution >= 0.6 is 0 Å². The van der Waals surface area contributed by atoms with E-state index in [4.69, 9.17) is 10.3 Å². The second-order valence-electron chi connectivity index (χ2n) is 4.91. The highest BCUT2D eigenvalue weighted by molar-refractivity contribution is 5.25. The SMILES string of the molecule is CCN(C)c1noc(CC2CCCCC2N)n1. The lowest BCUT2D eigenvalue weighted by Crippen LogP contribution is -2.34. The second kappa shape index (κ2) is 5.49. The van der Waals surface area contributed by atoms with E-state index in [0.717, 1.165) is 25.3 Å². The van der Waals surface area contributed by atoms with Gasteiger partial charge in [-0.1, -0.05) is 12.8 Å². The highest BCUT2D eigenvalue weighted by atomic mass is 16.5. The predicted molar refractivity (Wildman–Crippen MR) is 66.9 cm³/mol. The van der Waals surface area contributed by atoms with Crippen LogP contribution in [0.1, 0.15) is 38.5 Å². The van der Waals surface area contributed by atoms with Crippen molar-refractivity contribution in [3.8, 4) is 0 Å². The Morgan fingerprint density at radius 1 is 1.41 bits per heavy atom. The van der Waals surface area contributed by atoms with Crippen LogP contribution < -0.4 is 10.6 Å². The van der Waals surface area contributed by atoms with Gasteiger partial charge in [0.15, 0.2) is 0 Å². The number of hydrogen-bond donors (Lipinski definition) is 1. The molecule has 0 aliphatic heterocycles. The van der Waals surface area contributed by atoms with Gasteiger partial charge in [0.05, 0.1) is 0 Å². The van der Waals surface area contributed by atoms with E-state index in [0.29, 0.717) is 17.9 Å². The average Bonchev–Trinajstić information content (AvgIpc) is 2.80. The smallest absolute Gasteiger partial charge is 0.265 e. The van der Waals surface area contributed by atoms with E-state index in [-0.39, 0.29) is 0 Å². The molecule has 0 aromatic carbocycles. The molecule has 1 aromatic rings. The molecule has 17 heavy (non-hydrogen) atoms. The number of aromatic nitrogens is 2. The summed E-state index contributed by atoms with van der Waals surface area (Å²) in [5.41, 5.74) is 6.12. The molecule has 5 nitrogen and oxygen atoms in total. The van der Waals surface area contributed by atoms with Gasteiger partial charge in [0.25, 0.3) is 5.95 Å². The van der Waals surface area contributed by atoms with Crippen LogP contribution in [-0.4, -0.2) is 29.8 Å². The normalized spacial score (nSPS) is 24.9. The van der Waals surface area contributed by atoms with E-state index >= 15 is 0 Å². The van der Waals surface area contributed by atoms with Crippen molar-refractivity contribution >= 4 is 5.95 Å². The summed E-state index contributed by atoms with van der Waals surface area (Å²) in [6.07, 6.45) is 5.66. The molecule has 2 rings (SSSR count). The number of nitrogens with two attached hydrogens (primary N) is 1. The minimum atomic E-state index is 0.294. The van der Waals surface area contributed by atoms with Crippen LogP contribution in [0, 0.1) is 5.92 Å². The van der Waals surface area contributed by atoms with E-state index in [1.54, 1.807) is 0 Å². The second-order valence-corrected chi connectivity index (χ2v) is 4.91. The largest absolute Gasteiger partial charge is 0.342 e. The summed E-state index contributed by atoms with van der Waals surface area (Å²) >= 11 is 0. The van der Waals surface area contributed by atoms with Gasteiger partial charge in [-0.15, -0.1) is 0 Å². The van der Waals surface area contributed by atoms with Gasteiger partial charge in [0.1, 0.15) is 0 Å². The first kappa shape index (κ1) is 12.4. The molecule has 2 atom stereocenters. The molecule has 1 aliphatic rings. The minimum absolute atomic E-state index is 0.294. The van der Waals surface area contributed by atoms with Crippen LogP contribution in [0.3, 0.4) is 0 Å². The van der Waals surface area contributed by atoms with E-state index < -0.39 is 0 Å². The lowest BCUT2D eigenvalue weighted by molar-refractivity contribution is 0.273. The molecule has 0 amide bonds. The molecule has 1 aromatic heterocycles. The third-order valence-corrected chi connectivity index (χ3v) is 3.68. The molecular formula is C12H22N4O. The van der Waals surface area contributed by atoms with Crippen LogP contribution in [0.25, 0.3) is 0 Å². The Morgan fingerprint density at radius 3 is 2.88 bits per heavy atom. The molecule has 1 heterocycles. The summed E-state index contributed by atoms with van der Waals surface area (Å²) in [7, 11) is 1.96. The molecule has 0 spiro atoms. The minimum Gasteiger partial charge on any atom is -0.342 e. The Labute approximate surface area is 102 Å². The van der Waals surface area contributed by atoms with Gasteiger partial charge in [0.2, 0.25) is 5.89 Å².